The summed E-state index contributed by atoms with van der Waals surface area (Å²) >= 11 is 0. The highest BCUT2D eigenvalue weighted by molar-refractivity contribution is 5.97. The van der Waals surface area contributed by atoms with E-state index in [1.807, 2.05) is 81.4 Å². The number of carbonyl (C=O) groups is 1. The van der Waals surface area contributed by atoms with Gasteiger partial charge in [0.05, 0.1) is 12.1 Å². The number of azo groups is 1. The molecule has 7 heteroatoms. The van der Waals surface area contributed by atoms with Crippen LogP contribution in [-0.2, 0) is 6.61 Å². The first kappa shape index (κ1) is 23.0. The Kier molecular flexibility index (Phi) is 6.92. The molecule has 0 bridgehead atoms. The van der Waals surface area contributed by atoms with Crippen LogP contribution in [0.2, 0.25) is 0 Å². The maximum Gasteiger partial charge on any atom is 0.295 e. The predicted octanol–water partition coefficient (Wildman–Crippen LogP) is 6.83. The molecule has 1 N–H and O–H groups in total. The molecule has 1 amide bonds. The number of ether oxygens (including phenoxy) is 2. The molecule has 0 saturated carbocycles. The first-order valence-electron chi connectivity index (χ1n) is 11.2. The Morgan fingerprint density at radius 3 is 2.24 bits per heavy atom. The van der Waals surface area contributed by atoms with Crippen LogP contribution in [0.1, 0.15) is 42.7 Å². The molecule has 1 heterocycles. The zero-order valence-corrected chi connectivity index (χ0v) is 19.4. The van der Waals surface area contributed by atoms with Crippen LogP contribution in [0.15, 0.2) is 83.0 Å². The zero-order valence-electron chi connectivity index (χ0n) is 19.4. The van der Waals surface area contributed by atoms with E-state index in [1.54, 1.807) is 16.7 Å². The summed E-state index contributed by atoms with van der Waals surface area (Å²) < 4.78 is 13.0. The highest BCUT2D eigenvalue weighted by Gasteiger charge is 2.18. The molecule has 0 atom stereocenters. The van der Waals surface area contributed by atoms with E-state index in [0.717, 1.165) is 28.0 Å². The van der Waals surface area contributed by atoms with E-state index in [1.165, 1.54) is 0 Å². The minimum Gasteiger partial charge on any atom is -0.494 e. The van der Waals surface area contributed by atoms with Crippen molar-refractivity contribution in [2.75, 3.05) is 6.61 Å². The second-order valence-corrected chi connectivity index (χ2v) is 8.05. The average Bonchev–Trinajstić information content (AvgIpc) is 3.13. The first-order valence-corrected chi connectivity index (χ1v) is 11.2. The van der Waals surface area contributed by atoms with Crippen molar-refractivity contribution in [1.82, 2.24) is 4.57 Å². The standard InChI is InChI=1S/C27H27N3O4/c1-4-33-21-13-15-22(16-14-21)34-17-19-9-11-20(12-10-19)26(31)29-28-25-23-7-5-6-8-24(23)30(18(2)3)27(25)32/h5-16,18,32H,4,17H2,1-3H3. The maximum absolute atomic E-state index is 12.6. The number of fused-ring (bicyclic) bond motifs is 1. The van der Waals surface area contributed by atoms with E-state index in [9.17, 15) is 9.90 Å². The van der Waals surface area contributed by atoms with E-state index < -0.39 is 5.91 Å². The quantitative estimate of drug-likeness (QED) is 0.294. The molecule has 1 aromatic heterocycles. The molecular formula is C27H27N3O4. The second-order valence-electron chi connectivity index (χ2n) is 8.05. The van der Waals surface area contributed by atoms with Crippen molar-refractivity contribution in [2.45, 2.75) is 33.4 Å². The lowest BCUT2D eigenvalue weighted by Crippen LogP contribution is -1.99. The van der Waals surface area contributed by atoms with Gasteiger partial charge in [0.15, 0.2) is 5.69 Å². The summed E-state index contributed by atoms with van der Waals surface area (Å²) in [5.74, 6) is 1.04. The largest absolute Gasteiger partial charge is 0.494 e. The van der Waals surface area contributed by atoms with Crippen LogP contribution < -0.4 is 9.47 Å². The van der Waals surface area contributed by atoms with Crippen LogP contribution in [-0.4, -0.2) is 22.2 Å². The van der Waals surface area contributed by atoms with E-state index >= 15 is 0 Å². The Morgan fingerprint density at radius 1 is 0.941 bits per heavy atom. The highest BCUT2D eigenvalue weighted by atomic mass is 16.5. The van der Waals surface area contributed by atoms with Gasteiger partial charge in [-0.05, 0) is 68.8 Å². The number of para-hydroxylation sites is 1. The fraction of sp³-hybridized carbons (Fsp3) is 0.222. The molecule has 0 aliphatic heterocycles. The second kappa shape index (κ2) is 10.2. The molecule has 0 saturated heterocycles. The maximum atomic E-state index is 12.6. The molecule has 0 unspecified atom stereocenters. The third kappa shape index (κ3) is 4.93. The summed E-state index contributed by atoms with van der Waals surface area (Å²) in [6, 6.07) is 22.0. The average molecular weight is 458 g/mol. The van der Waals surface area contributed by atoms with Crippen LogP contribution in [0, 0.1) is 0 Å². The van der Waals surface area contributed by atoms with Crippen LogP contribution in [0.3, 0.4) is 0 Å². The van der Waals surface area contributed by atoms with E-state index in [-0.39, 0.29) is 17.6 Å². The number of hydrogen-bond acceptors (Lipinski definition) is 5. The first-order chi connectivity index (χ1) is 16.5. The van der Waals surface area contributed by atoms with Gasteiger partial charge in [0.1, 0.15) is 18.1 Å². The van der Waals surface area contributed by atoms with Gasteiger partial charge >= 0.3 is 0 Å². The van der Waals surface area contributed by atoms with Gasteiger partial charge in [-0.25, -0.2) is 0 Å². The van der Waals surface area contributed by atoms with Crippen molar-refractivity contribution in [1.29, 1.82) is 0 Å². The number of aromatic hydroxyl groups is 1. The molecule has 34 heavy (non-hydrogen) atoms. The molecule has 4 rings (SSSR count). The minimum atomic E-state index is -0.486. The van der Waals surface area contributed by atoms with E-state index in [0.29, 0.717) is 18.8 Å². The molecule has 0 aliphatic carbocycles. The van der Waals surface area contributed by atoms with Gasteiger partial charge in [-0.2, -0.15) is 0 Å². The Morgan fingerprint density at radius 2 is 1.59 bits per heavy atom. The van der Waals surface area contributed by atoms with Crippen LogP contribution in [0.5, 0.6) is 17.4 Å². The van der Waals surface area contributed by atoms with Crippen molar-refractivity contribution in [3.8, 4) is 17.4 Å². The predicted molar refractivity (Wildman–Crippen MR) is 131 cm³/mol. The summed E-state index contributed by atoms with van der Waals surface area (Å²) in [6.07, 6.45) is 0. The summed E-state index contributed by atoms with van der Waals surface area (Å²) in [6.45, 7) is 6.87. The molecule has 0 fully saturated rings. The molecule has 4 aromatic rings. The smallest absolute Gasteiger partial charge is 0.295 e. The Hall–Kier alpha value is -4.13. The third-order valence-electron chi connectivity index (χ3n) is 5.36. The lowest BCUT2D eigenvalue weighted by Gasteiger charge is -2.10. The number of hydrogen-bond donors (Lipinski definition) is 1. The van der Waals surface area contributed by atoms with Gasteiger partial charge in [-0.1, -0.05) is 30.3 Å². The topological polar surface area (TPSA) is 85.4 Å². The van der Waals surface area contributed by atoms with Gasteiger partial charge in [0.25, 0.3) is 5.91 Å². The number of amides is 1. The Labute approximate surface area is 198 Å². The summed E-state index contributed by atoms with van der Waals surface area (Å²) in [4.78, 5) is 12.6. The lowest BCUT2D eigenvalue weighted by molar-refractivity contribution is 0.0995. The number of carbonyl (C=O) groups excluding carboxylic acids is 1. The monoisotopic (exact) mass is 457 g/mol. The highest BCUT2D eigenvalue weighted by Crippen LogP contribution is 2.40. The normalized spacial score (nSPS) is 11.4. The molecule has 0 radical (unpaired) electrons. The van der Waals surface area contributed by atoms with Gasteiger partial charge in [-0.3, -0.25) is 4.79 Å². The summed E-state index contributed by atoms with van der Waals surface area (Å²) in [7, 11) is 0. The zero-order chi connectivity index (χ0) is 24.1. The summed E-state index contributed by atoms with van der Waals surface area (Å²) in [5.41, 5.74) is 2.45. The van der Waals surface area contributed by atoms with Crippen molar-refractivity contribution in [3.63, 3.8) is 0 Å². The van der Waals surface area contributed by atoms with Gasteiger partial charge in [0.2, 0.25) is 5.88 Å². The molecule has 3 aromatic carbocycles. The number of benzene rings is 3. The van der Waals surface area contributed by atoms with Crippen LogP contribution >= 0.6 is 0 Å². The fourth-order valence-corrected chi connectivity index (χ4v) is 3.72. The molecular weight excluding hydrogens is 430 g/mol. The Bertz CT molecular complexity index is 1310. The molecule has 0 spiro atoms. The lowest BCUT2D eigenvalue weighted by atomic mass is 10.1. The number of rotatable bonds is 8. The Balaban J connectivity index is 1.44. The van der Waals surface area contributed by atoms with E-state index in [4.69, 9.17) is 9.47 Å². The SMILES string of the molecule is CCOc1ccc(OCc2ccc(C(=O)N=Nc3c(O)n(C(C)C)c4ccccc34)cc2)cc1. The summed E-state index contributed by atoms with van der Waals surface area (Å²) in [5, 5.41) is 19.4. The van der Waals surface area contributed by atoms with Crippen molar-refractivity contribution < 1.29 is 19.4 Å². The van der Waals surface area contributed by atoms with Gasteiger partial charge in [0, 0.05) is 17.0 Å². The third-order valence-corrected chi connectivity index (χ3v) is 5.36. The van der Waals surface area contributed by atoms with Crippen LogP contribution in [0.25, 0.3) is 10.9 Å². The van der Waals surface area contributed by atoms with Gasteiger partial charge in [-0.15, -0.1) is 10.2 Å². The van der Waals surface area contributed by atoms with E-state index in [2.05, 4.69) is 10.2 Å². The number of aromatic nitrogens is 1. The molecule has 0 aliphatic rings. The van der Waals surface area contributed by atoms with Crippen molar-refractivity contribution >= 4 is 22.5 Å². The minimum absolute atomic E-state index is 0.00506. The fourth-order valence-electron chi connectivity index (χ4n) is 3.72. The number of nitrogens with zero attached hydrogens (tertiary/aromatic N) is 3. The van der Waals surface area contributed by atoms with Gasteiger partial charge < -0.3 is 19.1 Å². The molecule has 7 nitrogen and oxygen atoms in total. The van der Waals surface area contributed by atoms with Crippen molar-refractivity contribution in [3.05, 3.63) is 83.9 Å². The van der Waals surface area contributed by atoms with Crippen molar-refractivity contribution in [2.24, 2.45) is 10.2 Å². The van der Waals surface area contributed by atoms with Crippen LogP contribution in [0.4, 0.5) is 5.69 Å². The molecule has 174 valence electrons.